The Morgan fingerprint density at radius 3 is 2.31 bits per heavy atom. The number of hydrogen-bond acceptors (Lipinski definition) is 5. The minimum atomic E-state index is -5.14. The summed E-state index contributed by atoms with van der Waals surface area (Å²) in [6.45, 7) is 18.3. The number of carbonyl (C=O) groups is 3. The summed E-state index contributed by atoms with van der Waals surface area (Å²) in [6, 6.07) is 0. The molecule has 4 unspecified atom stereocenters. The van der Waals surface area contributed by atoms with Gasteiger partial charge in [-0.2, -0.15) is 13.2 Å². The Kier molecular flexibility index (Phi) is 12.4. The van der Waals surface area contributed by atoms with Crippen molar-refractivity contribution in [1.82, 2.24) is 0 Å². The molecule has 0 aliphatic heterocycles. The molecule has 222 valence electrons. The van der Waals surface area contributed by atoms with Gasteiger partial charge >= 0.3 is 12.1 Å². The van der Waals surface area contributed by atoms with Crippen molar-refractivity contribution in [2.24, 2.45) is 40.4 Å². The monoisotopic (exact) mass is 556 g/mol. The average Bonchev–Trinajstić information content (AvgIpc) is 3.14. The molecule has 0 saturated heterocycles. The summed E-state index contributed by atoms with van der Waals surface area (Å²) in [6.07, 6.45) is 3.64. The second-order valence-corrected chi connectivity index (χ2v) is 10.9. The largest absolute Gasteiger partial charge is 0.490 e. The molecule has 0 aromatic heterocycles. The number of fused-ring (bicyclic) bond motifs is 5. The SMILES string of the molecule is C=CC.CC.CC.C[C@@H]1CC2C3CCC4=CC(=O)C=C[C@]4(C)C3[C@H](O)C[C@]2(C)C1C(=O)COC(=O)C(F)(F)F. The molecule has 0 aromatic rings. The van der Waals surface area contributed by atoms with E-state index >= 15 is 0 Å². The Balaban J connectivity index is 0.000000996. The van der Waals surface area contributed by atoms with E-state index in [0.29, 0.717) is 6.42 Å². The third-order valence-electron chi connectivity index (χ3n) is 8.76. The van der Waals surface area contributed by atoms with Crippen molar-refractivity contribution in [1.29, 1.82) is 0 Å². The summed E-state index contributed by atoms with van der Waals surface area (Å²) in [5.41, 5.74) is 0.0187. The van der Waals surface area contributed by atoms with Crippen LogP contribution < -0.4 is 0 Å². The maximum absolute atomic E-state index is 13.0. The maximum atomic E-state index is 13.0. The van der Waals surface area contributed by atoms with Crippen LogP contribution in [0.1, 0.15) is 81.1 Å². The quantitative estimate of drug-likeness (QED) is 0.298. The van der Waals surface area contributed by atoms with Crippen molar-refractivity contribution in [3.05, 3.63) is 36.5 Å². The highest BCUT2D eigenvalue weighted by Crippen LogP contribution is 2.67. The molecule has 0 radical (unpaired) electrons. The maximum Gasteiger partial charge on any atom is 0.490 e. The van der Waals surface area contributed by atoms with Gasteiger partial charge in [-0.1, -0.05) is 66.2 Å². The molecule has 8 atom stereocenters. The van der Waals surface area contributed by atoms with Crippen LogP contribution in [0, 0.1) is 40.4 Å². The van der Waals surface area contributed by atoms with E-state index in [1.807, 2.05) is 54.5 Å². The predicted molar refractivity (Wildman–Crippen MR) is 147 cm³/mol. The number of aliphatic hydroxyl groups is 1. The van der Waals surface area contributed by atoms with Crippen LogP contribution in [-0.4, -0.2) is 41.5 Å². The van der Waals surface area contributed by atoms with E-state index in [1.165, 1.54) is 0 Å². The summed E-state index contributed by atoms with van der Waals surface area (Å²) in [5.74, 6) is -3.45. The first kappa shape index (κ1) is 34.8. The zero-order valence-corrected chi connectivity index (χ0v) is 24.7. The van der Waals surface area contributed by atoms with Gasteiger partial charge in [0.15, 0.2) is 18.2 Å². The smallest absolute Gasteiger partial charge is 0.451 e. The number of Topliss-reactive ketones (excluding diaryl/α,β-unsaturated/α-hetero) is 1. The summed E-state index contributed by atoms with van der Waals surface area (Å²) >= 11 is 0. The van der Waals surface area contributed by atoms with E-state index in [0.717, 1.165) is 24.8 Å². The number of ketones is 2. The predicted octanol–water partition coefficient (Wildman–Crippen LogP) is 7.05. The Hall–Kier alpha value is -2.22. The lowest BCUT2D eigenvalue weighted by atomic mass is 9.46. The molecule has 8 heteroatoms. The van der Waals surface area contributed by atoms with E-state index in [9.17, 15) is 32.7 Å². The van der Waals surface area contributed by atoms with Gasteiger partial charge < -0.3 is 9.84 Å². The molecule has 4 rings (SSSR count). The molecule has 4 aliphatic carbocycles. The van der Waals surface area contributed by atoms with Gasteiger partial charge in [-0.3, -0.25) is 9.59 Å². The van der Waals surface area contributed by atoms with Gasteiger partial charge in [0.05, 0.1) is 6.10 Å². The van der Waals surface area contributed by atoms with Gasteiger partial charge in [0.2, 0.25) is 0 Å². The van der Waals surface area contributed by atoms with Crippen LogP contribution in [0.2, 0.25) is 0 Å². The van der Waals surface area contributed by atoms with E-state index < -0.39 is 47.4 Å². The minimum Gasteiger partial charge on any atom is -0.451 e. The molecule has 3 saturated carbocycles. The first-order valence-electron chi connectivity index (χ1n) is 14.2. The third kappa shape index (κ3) is 6.93. The van der Waals surface area contributed by atoms with Crippen LogP contribution in [0.15, 0.2) is 36.5 Å². The fraction of sp³-hybridized carbons (Fsp3) is 0.710. The van der Waals surface area contributed by atoms with Gasteiger partial charge in [-0.05, 0) is 67.9 Å². The number of hydrogen-bond donors (Lipinski definition) is 1. The van der Waals surface area contributed by atoms with E-state index in [2.05, 4.69) is 18.2 Å². The zero-order chi connectivity index (χ0) is 30.3. The average molecular weight is 557 g/mol. The number of ether oxygens (including phenoxy) is 1. The topological polar surface area (TPSA) is 80.7 Å². The van der Waals surface area contributed by atoms with Crippen molar-refractivity contribution in [2.75, 3.05) is 6.61 Å². The lowest BCUT2D eigenvalue weighted by Gasteiger charge is -2.58. The van der Waals surface area contributed by atoms with Crippen molar-refractivity contribution < 1.29 is 37.4 Å². The fourth-order valence-corrected chi connectivity index (χ4v) is 7.69. The van der Waals surface area contributed by atoms with Gasteiger partial charge in [0.1, 0.15) is 0 Å². The standard InChI is InChI=1S/C24H29F3O5.C3H6.2C2H6/c1-12-8-16-15-5-4-13-9-14(28)6-7-22(13,2)20(15)17(29)10-23(16,3)19(12)18(30)11-32-21(31)24(25,26)27;1-3-2;2*1-2/h6-7,9,12,15-17,19-20,29H,4-5,8,10-11H2,1-3H3;3H,1H2,2H3;2*1-2H3/t12-,15?,16?,17-,19?,20?,22+,23+;;;/m1.../s1. The van der Waals surface area contributed by atoms with Crippen molar-refractivity contribution in [2.45, 2.75) is 93.4 Å². The number of rotatable bonds is 3. The summed E-state index contributed by atoms with van der Waals surface area (Å²) in [7, 11) is 0. The highest BCUT2D eigenvalue weighted by Gasteiger charge is 2.64. The van der Waals surface area contributed by atoms with Gasteiger partial charge in [0, 0.05) is 17.3 Å². The zero-order valence-electron chi connectivity index (χ0n) is 24.7. The van der Waals surface area contributed by atoms with Gasteiger partial charge in [-0.25, -0.2) is 4.79 Å². The van der Waals surface area contributed by atoms with E-state index in [1.54, 1.807) is 18.2 Å². The molecular formula is C31H47F3O5. The second-order valence-electron chi connectivity index (χ2n) is 10.9. The van der Waals surface area contributed by atoms with Crippen molar-refractivity contribution in [3.8, 4) is 0 Å². The first-order valence-corrected chi connectivity index (χ1v) is 14.2. The van der Waals surface area contributed by atoms with Crippen LogP contribution in [0.25, 0.3) is 0 Å². The van der Waals surface area contributed by atoms with Gasteiger partial charge in [0.25, 0.3) is 0 Å². The number of aliphatic hydroxyl groups excluding tert-OH is 1. The van der Waals surface area contributed by atoms with Crippen molar-refractivity contribution in [3.63, 3.8) is 0 Å². The minimum absolute atomic E-state index is 0.0420. The highest BCUT2D eigenvalue weighted by atomic mass is 19.4. The third-order valence-corrected chi connectivity index (χ3v) is 8.76. The van der Waals surface area contributed by atoms with Crippen molar-refractivity contribution >= 4 is 17.5 Å². The Morgan fingerprint density at radius 2 is 1.77 bits per heavy atom. The molecule has 1 N–H and O–H groups in total. The molecular weight excluding hydrogens is 509 g/mol. The van der Waals surface area contributed by atoms with Crippen LogP contribution in [0.4, 0.5) is 13.2 Å². The molecule has 0 heterocycles. The molecule has 39 heavy (non-hydrogen) atoms. The van der Waals surface area contributed by atoms with Crippen LogP contribution in [-0.2, 0) is 19.1 Å². The second kappa shape index (κ2) is 13.9. The number of esters is 1. The lowest BCUT2D eigenvalue weighted by molar-refractivity contribution is -0.200. The summed E-state index contributed by atoms with van der Waals surface area (Å²) < 4.78 is 41.7. The normalized spacial score (nSPS) is 36.0. The number of carbonyl (C=O) groups excluding carboxylic acids is 3. The van der Waals surface area contributed by atoms with Gasteiger partial charge in [-0.15, -0.1) is 6.58 Å². The molecule has 0 bridgehead atoms. The highest BCUT2D eigenvalue weighted by molar-refractivity contribution is 6.01. The molecule has 3 fully saturated rings. The van der Waals surface area contributed by atoms with E-state index in [-0.39, 0.29) is 29.5 Å². The molecule has 0 spiro atoms. The summed E-state index contributed by atoms with van der Waals surface area (Å²) in [5, 5.41) is 11.3. The van der Waals surface area contributed by atoms with Crippen LogP contribution in [0.3, 0.4) is 0 Å². The van der Waals surface area contributed by atoms with Crippen LogP contribution in [0.5, 0.6) is 0 Å². The van der Waals surface area contributed by atoms with E-state index in [4.69, 9.17) is 0 Å². The summed E-state index contributed by atoms with van der Waals surface area (Å²) in [4.78, 5) is 35.9. The number of allylic oxidation sites excluding steroid dienone is 5. The molecule has 0 aromatic carbocycles. The Labute approximate surface area is 232 Å². The van der Waals surface area contributed by atoms with Crippen LogP contribution >= 0.6 is 0 Å². The molecule has 4 aliphatic rings. The molecule has 0 amide bonds. The lowest BCUT2D eigenvalue weighted by Crippen LogP contribution is -2.56. The fourth-order valence-electron chi connectivity index (χ4n) is 7.69. The molecule has 5 nitrogen and oxygen atoms in total. The number of alkyl halides is 3. The Bertz CT molecular complexity index is 952. The number of halogens is 3. The Morgan fingerprint density at radius 1 is 1.21 bits per heavy atom. The first-order chi connectivity index (χ1) is 18.2.